The molecule has 322 valence electrons. The molecule has 18 heteroatoms. The average molecular weight is 918 g/mol. The minimum Gasteiger partial charge on any atom is -0.398 e. The molecule has 0 saturated carbocycles. The van der Waals surface area contributed by atoms with Crippen LogP contribution >= 0.6 is 23.2 Å². The second-order valence-corrected chi connectivity index (χ2v) is 19.4. The molecule has 0 saturated heterocycles. The number of carbonyl (C=O) groups is 2. The Balaban J connectivity index is 0.000000235. The summed E-state index contributed by atoms with van der Waals surface area (Å²) in [5.41, 5.74) is 11.6. The van der Waals surface area contributed by atoms with Crippen molar-refractivity contribution in [2.24, 2.45) is 0 Å². The number of anilines is 3. The van der Waals surface area contributed by atoms with Crippen molar-refractivity contribution in [3.05, 3.63) is 164 Å². The van der Waals surface area contributed by atoms with Gasteiger partial charge in [0.2, 0.25) is 20.0 Å². The van der Waals surface area contributed by atoms with E-state index in [0.717, 1.165) is 9.87 Å². The van der Waals surface area contributed by atoms with Gasteiger partial charge in [0.05, 0.1) is 20.3 Å². The van der Waals surface area contributed by atoms with E-state index in [-0.39, 0.29) is 32.6 Å². The lowest BCUT2D eigenvalue weighted by Crippen LogP contribution is -2.22. The minimum atomic E-state index is -3.72. The molecular formula is C44H42Cl2N6O8S2. The lowest BCUT2D eigenvalue weighted by Gasteiger charge is -2.15. The monoisotopic (exact) mass is 916 g/mol. The molecule has 0 bridgehead atoms. The fourth-order valence-corrected chi connectivity index (χ4v) is 8.12. The van der Waals surface area contributed by atoms with Crippen LogP contribution in [0.3, 0.4) is 0 Å². The van der Waals surface area contributed by atoms with Crippen molar-refractivity contribution in [1.82, 2.24) is 8.61 Å². The second kappa shape index (κ2) is 19.3. The van der Waals surface area contributed by atoms with Gasteiger partial charge in [-0.2, -0.15) is 0 Å². The van der Waals surface area contributed by atoms with Crippen molar-refractivity contribution in [3.8, 4) is 22.3 Å². The summed E-state index contributed by atoms with van der Waals surface area (Å²) in [6.45, 7) is 3.62. The molecule has 4 N–H and O–H groups in total. The number of hydrogen-bond donors (Lipinski definition) is 3. The highest BCUT2D eigenvalue weighted by molar-refractivity contribution is 7.89. The molecule has 0 aliphatic carbocycles. The number of nitro groups is 1. The van der Waals surface area contributed by atoms with Crippen LogP contribution in [-0.4, -0.2) is 70.4 Å². The van der Waals surface area contributed by atoms with E-state index in [0.29, 0.717) is 54.8 Å². The first kappa shape index (κ1) is 46.9. The number of amides is 2. The fourth-order valence-electron chi connectivity index (χ4n) is 6.01. The smallest absolute Gasteiger partial charge is 0.279 e. The number of nitrogens with two attached hydrogens (primary N) is 1. The maximum Gasteiger partial charge on any atom is 0.279 e. The molecular weight excluding hydrogens is 876 g/mol. The third-order valence-electron chi connectivity index (χ3n) is 9.53. The molecule has 0 atom stereocenters. The van der Waals surface area contributed by atoms with Gasteiger partial charge in [-0.3, -0.25) is 19.7 Å². The number of nitrogens with zero attached hydrogens (tertiary/aromatic N) is 3. The summed E-state index contributed by atoms with van der Waals surface area (Å²) in [4.78, 5) is 36.3. The summed E-state index contributed by atoms with van der Waals surface area (Å²) in [5.74, 6) is -0.729. The highest BCUT2D eigenvalue weighted by Gasteiger charge is 2.24. The molecule has 0 heterocycles. The van der Waals surface area contributed by atoms with Crippen LogP contribution in [0.15, 0.2) is 131 Å². The van der Waals surface area contributed by atoms with Gasteiger partial charge in [0, 0.05) is 78.1 Å². The average Bonchev–Trinajstić information content (AvgIpc) is 3.22. The Labute approximate surface area is 370 Å². The molecule has 2 amide bonds. The van der Waals surface area contributed by atoms with Gasteiger partial charge < -0.3 is 16.4 Å². The van der Waals surface area contributed by atoms with Crippen LogP contribution < -0.4 is 16.4 Å². The molecule has 0 aliphatic heterocycles. The lowest BCUT2D eigenvalue weighted by atomic mass is 9.98. The van der Waals surface area contributed by atoms with Gasteiger partial charge in [0.15, 0.2) is 0 Å². The van der Waals surface area contributed by atoms with Gasteiger partial charge >= 0.3 is 0 Å². The van der Waals surface area contributed by atoms with Gasteiger partial charge in [0.25, 0.3) is 17.5 Å². The normalized spacial score (nSPS) is 11.5. The number of nitrogen functional groups attached to an aromatic ring is 1. The first-order valence-electron chi connectivity index (χ1n) is 18.5. The molecule has 6 aromatic carbocycles. The number of hydrogen-bond acceptors (Lipinski definition) is 9. The van der Waals surface area contributed by atoms with Gasteiger partial charge in [-0.1, -0.05) is 41.4 Å². The number of benzene rings is 6. The maximum absolute atomic E-state index is 12.5. The molecule has 6 aromatic rings. The number of rotatable bonds is 11. The molecule has 62 heavy (non-hydrogen) atoms. The summed E-state index contributed by atoms with van der Waals surface area (Å²) in [6, 6.07) is 31.6. The zero-order valence-corrected chi connectivity index (χ0v) is 37.4. The number of carbonyl (C=O) groups excluding carboxylic acids is 2. The van der Waals surface area contributed by atoms with Crippen LogP contribution in [0.1, 0.15) is 31.8 Å². The maximum atomic E-state index is 12.5. The number of sulfonamides is 2. The topological polar surface area (TPSA) is 202 Å². The third kappa shape index (κ3) is 10.8. The van der Waals surface area contributed by atoms with Crippen LogP contribution in [0.4, 0.5) is 22.7 Å². The predicted molar refractivity (Wildman–Crippen MR) is 245 cm³/mol. The van der Waals surface area contributed by atoms with Crippen LogP contribution in [0.25, 0.3) is 22.3 Å². The molecule has 0 radical (unpaired) electrons. The molecule has 0 unspecified atom stereocenters. The molecule has 0 aromatic heterocycles. The van der Waals surface area contributed by atoms with Crippen LogP contribution in [-0.2, 0) is 20.0 Å². The zero-order valence-electron chi connectivity index (χ0n) is 34.3. The van der Waals surface area contributed by atoms with E-state index in [2.05, 4.69) is 10.6 Å². The number of halogens is 2. The Kier molecular flexibility index (Phi) is 14.6. The fraction of sp³-hybridized carbons (Fsp3) is 0.136. The predicted octanol–water partition coefficient (Wildman–Crippen LogP) is 9.13. The SMILES string of the molecule is Cc1ccc(S(=O)(=O)N(C)C)cc1-c1ccc(NC(=O)c2ccc(Cl)cc2)cc1N.Cc1ccc(S(=O)(=O)N(C)C)cc1-c1ccc(NC(=O)c2ccc(Cl)cc2)cc1[N+](=O)[O-]. The van der Waals surface area contributed by atoms with Crippen LogP contribution in [0, 0.1) is 24.0 Å². The van der Waals surface area contributed by atoms with Crippen molar-refractivity contribution < 1.29 is 31.3 Å². The van der Waals surface area contributed by atoms with Crippen LogP contribution in [0.2, 0.25) is 10.0 Å². The third-order valence-corrected chi connectivity index (χ3v) is 13.7. The van der Waals surface area contributed by atoms with E-state index in [4.69, 9.17) is 28.9 Å². The van der Waals surface area contributed by atoms with Gasteiger partial charge in [-0.05, 0) is 133 Å². The van der Waals surface area contributed by atoms with Crippen molar-refractivity contribution >= 4 is 77.8 Å². The summed E-state index contributed by atoms with van der Waals surface area (Å²) < 4.78 is 52.2. The first-order chi connectivity index (χ1) is 29.1. The Morgan fingerprint density at radius 3 is 1.34 bits per heavy atom. The van der Waals surface area contributed by atoms with Gasteiger partial charge in [-0.15, -0.1) is 0 Å². The molecule has 6 rings (SSSR count). The Bertz CT molecular complexity index is 2910. The highest BCUT2D eigenvalue weighted by Crippen LogP contribution is 2.36. The molecule has 0 spiro atoms. The molecule has 14 nitrogen and oxygen atoms in total. The summed E-state index contributed by atoms with van der Waals surface area (Å²) in [6.07, 6.45) is 0. The highest BCUT2D eigenvalue weighted by atomic mass is 35.5. The molecule has 0 aliphatic rings. The summed E-state index contributed by atoms with van der Waals surface area (Å²) in [5, 5.41) is 18.3. The number of aryl methyl sites for hydroxylation is 2. The van der Waals surface area contributed by atoms with Crippen molar-refractivity contribution in [1.29, 1.82) is 0 Å². The van der Waals surface area contributed by atoms with E-state index in [1.165, 1.54) is 62.8 Å². The summed E-state index contributed by atoms with van der Waals surface area (Å²) >= 11 is 11.7. The van der Waals surface area contributed by atoms with Crippen molar-refractivity contribution in [3.63, 3.8) is 0 Å². The second-order valence-electron chi connectivity index (χ2n) is 14.2. The molecule has 0 fully saturated rings. The van der Waals surface area contributed by atoms with E-state index in [9.17, 15) is 36.5 Å². The minimum absolute atomic E-state index is 0.0255. The Morgan fingerprint density at radius 2 is 0.952 bits per heavy atom. The van der Waals surface area contributed by atoms with Gasteiger partial charge in [-0.25, -0.2) is 25.4 Å². The largest absolute Gasteiger partial charge is 0.398 e. The van der Waals surface area contributed by atoms with E-state index >= 15 is 0 Å². The quantitative estimate of drug-likeness (QED) is 0.0644. The van der Waals surface area contributed by atoms with Crippen LogP contribution in [0.5, 0.6) is 0 Å². The van der Waals surface area contributed by atoms with E-state index in [1.807, 2.05) is 6.92 Å². The van der Waals surface area contributed by atoms with Gasteiger partial charge in [0.1, 0.15) is 0 Å². The van der Waals surface area contributed by atoms with Crippen molar-refractivity contribution in [2.45, 2.75) is 23.6 Å². The Morgan fingerprint density at radius 1 is 0.565 bits per heavy atom. The number of nitro benzene ring substituents is 1. The zero-order chi connectivity index (χ0) is 45.7. The number of nitrogens with one attached hydrogen (secondary N) is 2. The summed E-state index contributed by atoms with van der Waals surface area (Å²) in [7, 11) is -1.49. The Hall–Kier alpha value is -6.14. The van der Waals surface area contributed by atoms with E-state index in [1.54, 1.807) is 97.9 Å². The first-order valence-corrected chi connectivity index (χ1v) is 22.1. The van der Waals surface area contributed by atoms with Crippen molar-refractivity contribution in [2.75, 3.05) is 44.6 Å². The van der Waals surface area contributed by atoms with E-state index < -0.39 is 30.9 Å². The lowest BCUT2D eigenvalue weighted by molar-refractivity contribution is -0.384. The standard InChI is InChI=1S/C22H20ClN3O5S.C22H22ClN3O3S/c1-14-4-10-18(32(30,31)25(2)3)13-20(14)19-11-9-17(12-21(19)26(28)29)24-22(27)15-5-7-16(23)8-6-15;1-14-4-10-18(30(28,29)26(2)3)13-20(14)19-11-9-17(12-21(19)24)25-22(27)15-5-7-16(23)8-6-15/h4-13H,1-3H3,(H,24,27);4-13H,24H2,1-3H3,(H,25,27).